The Balaban J connectivity index is 1.43. The van der Waals surface area contributed by atoms with Gasteiger partial charge >= 0.3 is 5.97 Å². The Morgan fingerprint density at radius 1 is 1.26 bits per heavy atom. The Labute approximate surface area is 200 Å². The molecule has 3 fully saturated rings. The van der Waals surface area contributed by atoms with Gasteiger partial charge < -0.3 is 19.8 Å². The summed E-state index contributed by atoms with van der Waals surface area (Å²) in [6.07, 6.45) is 8.42. The topological polar surface area (TPSA) is 136 Å². The van der Waals surface area contributed by atoms with E-state index in [1.807, 2.05) is 6.92 Å². The molecule has 0 radical (unpaired) electrons. The maximum Gasteiger partial charge on any atom is 0.306 e. The largest absolute Gasteiger partial charge is 0.458 e. The van der Waals surface area contributed by atoms with E-state index in [4.69, 9.17) is 4.74 Å². The van der Waals surface area contributed by atoms with Crippen LogP contribution >= 0.6 is 0 Å². The first-order chi connectivity index (χ1) is 16.0. The van der Waals surface area contributed by atoms with E-state index in [1.54, 1.807) is 0 Å². The minimum Gasteiger partial charge on any atom is -0.458 e. The number of esters is 1. The van der Waals surface area contributed by atoms with Crippen molar-refractivity contribution in [3.8, 4) is 0 Å². The van der Waals surface area contributed by atoms with Gasteiger partial charge in [-0.3, -0.25) is 9.59 Å². The molecule has 0 saturated heterocycles. The first-order valence-corrected chi connectivity index (χ1v) is 12.6. The van der Waals surface area contributed by atoms with Gasteiger partial charge in [-0.05, 0) is 81.0 Å². The fourth-order valence-corrected chi connectivity index (χ4v) is 8.04. The molecule has 0 amide bonds. The standard InChI is InChI=1S/C25H37NO8/c1-23-11-4-3-6-16(23)8-9-17-18-10-12-25(30,24(18,2)14-19(27)22(17)23)20(28)15-33-21(29)7-5-13-34-26(31)32/h6,17-19,22,27,30H,3-5,7-15H2,1-2H3/t17?,18-,19-,22+,23-,24-,25-/m0/s1. The molecule has 0 spiro atoms. The minimum atomic E-state index is -1.65. The highest BCUT2D eigenvalue weighted by molar-refractivity contribution is 5.91. The monoisotopic (exact) mass is 479 g/mol. The number of fused-ring (bicyclic) bond motifs is 5. The highest BCUT2D eigenvalue weighted by Crippen LogP contribution is 2.67. The predicted molar refractivity (Wildman–Crippen MR) is 121 cm³/mol. The Morgan fingerprint density at radius 3 is 2.76 bits per heavy atom. The van der Waals surface area contributed by atoms with Crippen LogP contribution in [0.3, 0.4) is 0 Å². The average Bonchev–Trinajstić information content (AvgIpc) is 3.05. The van der Waals surface area contributed by atoms with Crippen LogP contribution in [0.2, 0.25) is 0 Å². The normalized spacial score (nSPS) is 40.9. The quantitative estimate of drug-likeness (QED) is 0.178. The number of nitrogens with zero attached hydrogens (tertiary/aromatic N) is 1. The third-order valence-corrected chi connectivity index (χ3v) is 9.66. The number of allylic oxidation sites excluding steroid dienone is 2. The molecule has 3 saturated carbocycles. The molecular formula is C25H37NO8. The number of carbonyl (C=O) groups is 2. The smallest absolute Gasteiger partial charge is 0.306 e. The van der Waals surface area contributed by atoms with E-state index in [2.05, 4.69) is 17.8 Å². The first-order valence-electron chi connectivity index (χ1n) is 12.6. The van der Waals surface area contributed by atoms with Crippen molar-refractivity contribution in [3.63, 3.8) is 0 Å². The Kier molecular flexibility index (Phi) is 6.81. The zero-order valence-corrected chi connectivity index (χ0v) is 20.2. The highest BCUT2D eigenvalue weighted by atomic mass is 16.9. The van der Waals surface area contributed by atoms with E-state index in [0.29, 0.717) is 19.3 Å². The maximum atomic E-state index is 13.2. The number of aliphatic hydroxyl groups excluding tert-OH is 1. The van der Waals surface area contributed by atoms with Gasteiger partial charge in [-0.1, -0.05) is 25.5 Å². The molecule has 9 nitrogen and oxygen atoms in total. The van der Waals surface area contributed by atoms with Crippen molar-refractivity contribution in [2.75, 3.05) is 13.2 Å². The summed E-state index contributed by atoms with van der Waals surface area (Å²) in [5.41, 5.74) is -0.964. The van der Waals surface area contributed by atoms with Crippen LogP contribution in [0.1, 0.15) is 78.1 Å². The third kappa shape index (κ3) is 4.04. The van der Waals surface area contributed by atoms with Crippen LogP contribution in [0.15, 0.2) is 11.6 Å². The molecule has 4 rings (SSSR count). The second kappa shape index (κ2) is 9.22. The number of hydrogen-bond acceptors (Lipinski definition) is 8. The lowest BCUT2D eigenvalue weighted by Gasteiger charge is -2.60. The number of ketones is 1. The summed E-state index contributed by atoms with van der Waals surface area (Å²) in [4.78, 5) is 39.5. The van der Waals surface area contributed by atoms with E-state index in [-0.39, 0.29) is 42.6 Å². The van der Waals surface area contributed by atoms with Crippen molar-refractivity contribution in [3.05, 3.63) is 21.8 Å². The zero-order valence-electron chi connectivity index (χ0n) is 20.2. The molecule has 0 aromatic rings. The van der Waals surface area contributed by atoms with Gasteiger partial charge in [-0.25, -0.2) is 0 Å². The Hall–Kier alpha value is -2.00. The van der Waals surface area contributed by atoms with E-state index in [1.165, 1.54) is 5.57 Å². The van der Waals surface area contributed by atoms with Gasteiger partial charge in [0.1, 0.15) is 5.60 Å². The lowest BCUT2D eigenvalue weighted by atomic mass is 9.45. The Bertz CT molecular complexity index is 873. The van der Waals surface area contributed by atoms with E-state index < -0.39 is 40.6 Å². The van der Waals surface area contributed by atoms with Gasteiger partial charge in [0.05, 0.1) is 12.7 Å². The molecule has 0 heterocycles. The molecule has 1 unspecified atom stereocenters. The molecule has 4 aliphatic carbocycles. The van der Waals surface area contributed by atoms with Crippen LogP contribution in [-0.4, -0.2) is 52.0 Å². The summed E-state index contributed by atoms with van der Waals surface area (Å²) >= 11 is 0. The van der Waals surface area contributed by atoms with E-state index >= 15 is 0 Å². The van der Waals surface area contributed by atoms with Crippen molar-refractivity contribution in [2.24, 2.45) is 28.6 Å². The Morgan fingerprint density at radius 2 is 2.03 bits per heavy atom. The van der Waals surface area contributed by atoms with E-state index in [0.717, 1.165) is 32.1 Å². The molecule has 34 heavy (non-hydrogen) atoms. The molecule has 2 N–H and O–H groups in total. The van der Waals surface area contributed by atoms with Crippen LogP contribution < -0.4 is 0 Å². The molecule has 9 heteroatoms. The molecule has 0 aromatic heterocycles. The van der Waals surface area contributed by atoms with Gasteiger partial charge in [0.25, 0.3) is 5.09 Å². The molecule has 0 aliphatic heterocycles. The van der Waals surface area contributed by atoms with Gasteiger partial charge in [0, 0.05) is 11.8 Å². The van der Waals surface area contributed by atoms with Gasteiger partial charge in [-0.15, -0.1) is 10.1 Å². The van der Waals surface area contributed by atoms with Crippen molar-refractivity contribution < 1.29 is 34.5 Å². The second-order valence-electron chi connectivity index (χ2n) is 11.2. The number of Topliss-reactive ketones (excluding diaryl/α,β-unsaturated/α-hetero) is 1. The first kappa shape index (κ1) is 25.1. The predicted octanol–water partition coefficient (Wildman–Crippen LogP) is 3.14. The summed E-state index contributed by atoms with van der Waals surface area (Å²) in [5.74, 6) is -0.671. The number of carbonyl (C=O) groups excluding carboxylic acids is 2. The fraction of sp³-hybridized carbons (Fsp3) is 0.840. The summed E-state index contributed by atoms with van der Waals surface area (Å²) < 4.78 is 5.09. The summed E-state index contributed by atoms with van der Waals surface area (Å²) in [7, 11) is 0. The van der Waals surface area contributed by atoms with Crippen molar-refractivity contribution in [1.82, 2.24) is 0 Å². The minimum absolute atomic E-state index is 0.0128. The van der Waals surface area contributed by atoms with Crippen LogP contribution in [0.5, 0.6) is 0 Å². The van der Waals surface area contributed by atoms with E-state index in [9.17, 15) is 29.9 Å². The molecule has 7 atom stereocenters. The number of ether oxygens (including phenoxy) is 1. The van der Waals surface area contributed by atoms with Crippen LogP contribution in [-0.2, 0) is 19.2 Å². The van der Waals surface area contributed by atoms with Crippen molar-refractivity contribution >= 4 is 11.8 Å². The molecule has 190 valence electrons. The average molecular weight is 480 g/mol. The fourth-order valence-electron chi connectivity index (χ4n) is 8.04. The summed E-state index contributed by atoms with van der Waals surface area (Å²) in [6, 6.07) is 0. The summed E-state index contributed by atoms with van der Waals surface area (Å²) in [5, 5.41) is 32.3. The maximum absolute atomic E-state index is 13.2. The van der Waals surface area contributed by atoms with Crippen LogP contribution in [0.4, 0.5) is 0 Å². The highest BCUT2D eigenvalue weighted by Gasteiger charge is 2.68. The molecule has 0 aromatic carbocycles. The van der Waals surface area contributed by atoms with Crippen molar-refractivity contribution in [2.45, 2.75) is 89.8 Å². The van der Waals surface area contributed by atoms with Crippen LogP contribution in [0.25, 0.3) is 0 Å². The lowest BCUT2D eigenvalue weighted by Crippen LogP contribution is -2.62. The van der Waals surface area contributed by atoms with Gasteiger partial charge in [0.15, 0.2) is 6.61 Å². The number of rotatable bonds is 8. The second-order valence-corrected chi connectivity index (χ2v) is 11.2. The van der Waals surface area contributed by atoms with Crippen LogP contribution in [0, 0.1) is 38.7 Å². The summed E-state index contributed by atoms with van der Waals surface area (Å²) in [6.45, 7) is 3.45. The number of hydrogen-bond donors (Lipinski definition) is 2. The molecular weight excluding hydrogens is 442 g/mol. The molecule has 0 bridgehead atoms. The SMILES string of the molecule is C[C@]12CCCC=C1CCC1[C@@H]2[C@@H](O)C[C@@]2(C)[C@H]1CC[C@]2(O)C(=O)COC(=O)CCCO[N+](=O)[O-]. The number of aliphatic hydroxyl groups is 2. The van der Waals surface area contributed by atoms with Crippen molar-refractivity contribution in [1.29, 1.82) is 0 Å². The molecule has 4 aliphatic rings. The van der Waals surface area contributed by atoms with Gasteiger partial charge in [-0.2, -0.15) is 0 Å². The zero-order chi connectivity index (χ0) is 24.7. The third-order valence-electron chi connectivity index (χ3n) is 9.66. The lowest BCUT2D eigenvalue weighted by molar-refractivity contribution is -0.757. The van der Waals surface area contributed by atoms with Gasteiger partial charge in [0.2, 0.25) is 5.78 Å².